The third-order valence-corrected chi connectivity index (χ3v) is 5.02. The lowest BCUT2D eigenvalue weighted by atomic mass is 10.1. The zero-order valence-corrected chi connectivity index (χ0v) is 14.4. The lowest BCUT2D eigenvalue weighted by Crippen LogP contribution is -2.46. The highest BCUT2D eigenvalue weighted by molar-refractivity contribution is 14.1. The molecule has 0 N–H and O–H groups in total. The minimum absolute atomic E-state index is 0.0829. The third kappa shape index (κ3) is 2.41. The van der Waals surface area contributed by atoms with Crippen LogP contribution >= 0.6 is 22.9 Å². The largest absolute Gasteiger partial charge is 0.443 e. The molecule has 4 rings (SSSR count). The van der Waals surface area contributed by atoms with Crippen molar-refractivity contribution < 1.29 is 13.9 Å². The van der Waals surface area contributed by atoms with Gasteiger partial charge in [0.2, 0.25) is 0 Å². The van der Waals surface area contributed by atoms with Gasteiger partial charge in [-0.05, 0) is 18.6 Å². The van der Waals surface area contributed by atoms with Crippen LogP contribution in [0.15, 0.2) is 35.5 Å². The van der Waals surface area contributed by atoms with Crippen molar-refractivity contribution in [2.24, 2.45) is 0 Å². The third-order valence-electron chi connectivity index (χ3n) is 3.79. The second-order valence-electron chi connectivity index (χ2n) is 5.44. The number of aromatic nitrogens is 3. The first-order chi connectivity index (χ1) is 11.1. The summed E-state index contributed by atoms with van der Waals surface area (Å²) in [7, 11) is 0. The fourth-order valence-corrected chi connectivity index (χ4v) is 3.11. The Morgan fingerprint density at radius 3 is 2.91 bits per heavy atom. The van der Waals surface area contributed by atoms with Gasteiger partial charge in [0, 0.05) is 6.20 Å². The summed E-state index contributed by atoms with van der Waals surface area (Å²) in [5, 5.41) is 0. The van der Waals surface area contributed by atoms with Gasteiger partial charge in [-0.15, -0.1) is 0 Å². The maximum absolute atomic E-state index is 12.7. The van der Waals surface area contributed by atoms with E-state index in [9.17, 15) is 4.79 Å². The van der Waals surface area contributed by atoms with Crippen molar-refractivity contribution in [3.63, 3.8) is 0 Å². The topological polar surface area (TPSA) is 72.9 Å². The van der Waals surface area contributed by atoms with Crippen molar-refractivity contribution in [3.8, 4) is 11.3 Å². The van der Waals surface area contributed by atoms with Crippen LogP contribution in [0.5, 0.6) is 0 Å². The van der Waals surface area contributed by atoms with Crippen molar-refractivity contribution in [3.05, 3.63) is 42.3 Å². The number of imidazole rings is 1. The van der Waals surface area contributed by atoms with Gasteiger partial charge in [0.15, 0.2) is 12.2 Å². The molecule has 0 atom stereocenters. The zero-order chi connectivity index (χ0) is 16.0. The number of amides is 1. The highest BCUT2D eigenvalue weighted by Gasteiger charge is 2.30. The molecule has 0 radical (unpaired) electrons. The maximum atomic E-state index is 12.7. The molecule has 0 aromatic carbocycles. The van der Waals surface area contributed by atoms with E-state index in [0.29, 0.717) is 30.3 Å². The molecule has 0 spiro atoms. The van der Waals surface area contributed by atoms with Gasteiger partial charge in [-0.1, -0.05) is 0 Å². The molecule has 7 nitrogen and oxygen atoms in total. The number of ether oxygens (including phenoxy) is 1. The monoisotopic (exact) mass is 424 g/mol. The Bertz CT molecular complexity index is 870. The van der Waals surface area contributed by atoms with Gasteiger partial charge in [0.25, 0.3) is 5.91 Å². The van der Waals surface area contributed by atoms with Crippen LogP contribution in [0.25, 0.3) is 17.0 Å². The van der Waals surface area contributed by atoms with Crippen molar-refractivity contribution in [2.75, 3.05) is 13.2 Å². The average Bonchev–Trinajstić information content (AvgIpc) is 3.13. The minimum atomic E-state index is -0.0829. The molecular weight excluding hydrogens is 411 g/mol. The van der Waals surface area contributed by atoms with Crippen LogP contribution in [0.4, 0.5) is 0 Å². The number of halogens is 1. The maximum Gasteiger partial charge on any atom is 0.281 e. The number of oxazole rings is 1. The second-order valence-corrected chi connectivity index (χ2v) is 6.48. The van der Waals surface area contributed by atoms with Crippen LogP contribution in [-0.2, 0) is 4.74 Å². The molecule has 0 aliphatic carbocycles. The summed E-state index contributed by atoms with van der Waals surface area (Å²) in [5.74, 6) is 0.544. The highest BCUT2D eigenvalue weighted by atomic mass is 127. The van der Waals surface area contributed by atoms with E-state index in [1.165, 1.54) is 6.39 Å². The number of hydrogen-bond acceptors (Lipinski definition) is 5. The first-order valence-corrected chi connectivity index (χ1v) is 8.05. The molecule has 1 saturated heterocycles. The standard InChI is InChI=1S/C15H13IN4O3/c1-9-2-11(13-4-17-8-23-13)14-18-3-12(19(14)5-9)15(21)20(16)10-6-22-7-10/h2-5,8,10H,6-7H2,1H3. The predicted molar refractivity (Wildman–Crippen MR) is 90.2 cm³/mol. The van der Waals surface area contributed by atoms with E-state index in [0.717, 1.165) is 11.1 Å². The molecule has 118 valence electrons. The van der Waals surface area contributed by atoms with Crippen LogP contribution in [0, 0.1) is 6.92 Å². The number of nitrogens with zero attached hydrogens (tertiary/aromatic N) is 4. The molecule has 0 saturated carbocycles. The van der Waals surface area contributed by atoms with Gasteiger partial charge in [0.05, 0.1) is 60.1 Å². The van der Waals surface area contributed by atoms with Gasteiger partial charge >= 0.3 is 0 Å². The van der Waals surface area contributed by atoms with Gasteiger partial charge in [-0.3, -0.25) is 12.3 Å². The van der Waals surface area contributed by atoms with E-state index < -0.39 is 0 Å². The van der Waals surface area contributed by atoms with Gasteiger partial charge in [-0.2, -0.15) is 0 Å². The Kier molecular flexibility index (Phi) is 3.57. The predicted octanol–water partition coefficient (Wildman–Crippen LogP) is 2.49. The van der Waals surface area contributed by atoms with E-state index in [1.54, 1.807) is 19.9 Å². The van der Waals surface area contributed by atoms with Gasteiger partial charge in [-0.25, -0.2) is 9.97 Å². The van der Waals surface area contributed by atoms with Gasteiger partial charge in [0.1, 0.15) is 11.3 Å². The van der Waals surface area contributed by atoms with Crippen molar-refractivity contribution in [2.45, 2.75) is 13.0 Å². The van der Waals surface area contributed by atoms with Crippen molar-refractivity contribution >= 4 is 34.4 Å². The lowest BCUT2D eigenvalue weighted by Gasteiger charge is -2.32. The second kappa shape index (κ2) is 5.60. The van der Waals surface area contributed by atoms with E-state index in [2.05, 4.69) is 9.97 Å². The van der Waals surface area contributed by atoms with E-state index in [4.69, 9.17) is 9.15 Å². The Morgan fingerprint density at radius 2 is 2.26 bits per heavy atom. The molecule has 1 fully saturated rings. The summed E-state index contributed by atoms with van der Waals surface area (Å²) in [6.07, 6.45) is 6.52. The number of pyridine rings is 1. The molecule has 0 unspecified atom stereocenters. The normalized spacial score (nSPS) is 14.9. The Morgan fingerprint density at radius 1 is 1.43 bits per heavy atom. The number of aryl methyl sites for hydroxylation is 1. The molecule has 1 amide bonds. The minimum Gasteiger partial charge on any atom is -0.443 e. The average molecular weight is 424 g/mol. The lowest BCUT2D eigenvalue weighted by molar-refractivity contribution is -0.0239. The molecule has 1 aliphatic heterocycles. The van der Waals surface area contributed by atoms with Crippen LogP contribution in [-0.4, -0.2) is 42.6 Å². The smallest absolute Gasteiger partial charge is 0.281 e. The van der Waals surface area contributed by atoms with Gasteiger partial charge < -0.3 is 9.15 Å². The van der Waals surface area contributed by atoms with Crippen molar-refractivity contribution in [1.29, 1.82) is 0 Å². The molecular formula is C15H13IN4O3. The molecule has 3 aromatic heterocycles. The SMILES string of the molecule is Cc1cc(-c2cnco2)c2ncc(C(=O)N(I)C3COC3)n2c1. The van der Waals surface area contributed by atoms with E-state index in [-0.39, 0.29) is 11.9 Å². The number of hydrogen-bond donors (Lipinski definition) is 0. The molecule has 4 heterocycles. The van der Waals surface area contributed by atoms with E-state index >= 15 is 0 Å². The fourth-order valence-electron chi connectivity index (χ4n) is 2.54. The zero-order valence-electron chi connectivity index (χ0n) is 12.3. The quantitative estimate of drug-likeness (QED) is 0.477. The Labute approximate surface area is 145 Å². The van der Waals surface area contributed by atoms with Crippen LogP contribution in [0.3, 0.4) is 0 Å². The highest BCUT2D eigenvalue weighted by Crippen LogP contribution is 2.27. The summed E-state index contributed by atoms with van der Waals surface area (Å²) < 4.78 is 14.0. The van der Waals surface area contributed by atoms with Crippen LogP contribution in [0.1, 0.15) is 16.1 Å². The first-order valence-electron chi connectivity index (χ1n) is 7.09. The Balaban J connectivity index is 1.81. The summed E-state index contributed by atoms with van der Waals surface area (Å²) in [5.41, 5.74) is 3.01. The summed E-state index contributed by atoms with van der Waals surface area (Å²) >= 11 is 2.04. The van der Waals surface area contributed by atoms with Crippen molar-refractivity contribution in [1.82, 2.24) is 17.5 Å². The summed E-state index contributed by atoms with van der Waals surface area (Å²) in [6.45, 7) is 3.12. The number of fused-ring (bicyclic) bond motifs is 1. The number of carbonyl (C=O) groups excluding carboxylic acids is 1. The molecule has 0 bridgehead atoms. The van der Waals surface area contributed by atoms with E-state index in [1.807, 2.05) is 42.1 Å². The molecule has 1 aliphatic rings. The number of rotatable bonds is 3. The molecule has 23 heavy (non-hydrogen) atoms. The van der Waals surface area contributed by atoms with Crippen LogP contribution in [0.2, 0.25) is 0 Å². The number of carbonyl (C=O) groups is 1. The summed E-state index contributed by atoms with van der Waals surface area (Å²) in [6, 6.07) is 2.09. The summed E-state index contributed by atoms with van der Waals surface area (Å²) in [4.78, 5) is 21.1. The fraction of sp³-hybridized carbons (Fsp3) is 0.267. The molecule has 8 heteroatoms. The first kappa shape index (κ1) is 14.6. The van der Waals surface area contributed by atoms with Crippen LogP contribution < -0.4 is 0 Å². The molecule has 3 aromatic rings. The Hall–Kier alpha value is -1.94.